The van der Waals surface area contributed by atoms with Gasteiger partial charge in [0.2, 0.25) is 0 Å². The highest BCUT2D eigenvalue weighted by atomic mass is 19.4. The molecule has 1 aliphatic carbocycles. The molecule has 1 heterocycles. The smallest absolute Gasteiger partial charge is 0.310 e. The van der Waals surface area contributed by atoms with E-state index < -0.39 is 11.9 Å². The zero-order chi connectivity index (χ0) is 12.3. The van der Waals surface area contributed by atoms with Gasteiger partial charge in [-0.25, -0.2) is 0 Å². The summed E-state index contributed by atoms with van der Waals surface area (Å²) in [6.45, 7) is 0.232. The van der Waals surface area contributed by atoms with Gasteiger partial charge in [-0.1, -0.05) is 19.3 Å². The van der Waals surface area contributed by atoms with Crippen molar-refractivity contribution in [2.45, 2.75) is 50.9 Å². The van der Waals surface area contributed by atoms with Crippen LogP contribution in [-0.2, 0) is 12.7 Å². The molecule has 2 N–H and O–H groups in total. The second-order valence-electron chi connectivity index (χ2n) is 4.47. The number of alkyl halides is 3. The molecule has 0 aromatic carbocycles. The Morgan fingerprint density at radius 2 is 2.00 bits per heavy atom. The molecule has 0 amide bonds. The number of H-pyrrole nitrogens is 1. The van der Waals surface area contributed by atoms with E-state index in [0.717, 1.165) is 25.7 Å². The maximum Gasteiger partial charge on any atom is 0.435 e. The second kappa shape index (κ2) is 5.08. The lowest BCUT2D eigenvalue weighted by molar-refractivity contribution is -0.141. The fourth-order valence-electron chi connectivity index (χ4n) is 2.26. The SMILES string of the molecule is FC(F)(F)c1n[nH]cc1CNC1CCCCC1. The van der Waals surface area contributed by atoms with Crippen molar-refractivity contribution in [3.05, 3.63) is 17.5 Å². The normalized spacial score (nSPS) is 18.5. The van der Waals surface area contributed by atoms with Crippen molar-refractivity contribution in [3.8, 4) is 0 Å². The second-order valence-corrected chi connectivity index (χ2v) is 4.47. The molecule has 0 spiro atoms. The Kier molecular flexibility index (Phi) is 3.71. The summed E-state index contributed by atoms with van der Waals surface area (Å²) in [4.78, 5) is 0. The van der Waals surface area contributed by atoms with Gasteiger partial charge in [0.15, 0.2) is 5.69 Å². The van der Waals surface area contributed by atoms with Crippen LogP contribution in [0.4, 0.5) is 13.2 Å². The van der Waals surface area contributed by atoms with Crippen LogP contribution < -0.4 is 5.32 Å². The molecule has 0 bridgehead atoms. The number of rotatable bonds is 3. The molecule has 0 aliphatic heterocycles. The van der Waals surface area contributed by atoms with E-state index in [1.165, 1.54) is 12.6 Å². The van der Waals surface area contributed by atoms with Gasteiger partial charge >= 0.3 is 6.18 Å². The highest BCUT2D eigenvalue weighted by Gasteiger charge is 2.36. The maximum absolute atomic E-state index is 12.5. The van der Waals surface area contributed by atoms with Crippen LogP contribution in [0.5, 0.6) is 0 Å². The van der Waals surface area contributed by atoms with Crippen molar-refractivity contribution in [1.29, 1.82) is 0 Å². The van der Waals surface area contributed by atoms with Crippen LogP contribution in [0, 0.1) is 0 Å². The molecule has 3 nitrogen and oxygen atoms in total. The van der Waals surface area contributed by atoms with Gasteiger partial charge in [0.1, 0.15) is 0 Å². The molecule has 2 rings (SSSR count). The molecule has 0 unspecified atom stereocenters. The van der Waals surface area contributed by atoms with E-state index in [4.69, 9.17) is 0 Å². The third-order valence-corrected chi connectivity index (χ3v) is 3.17. The number of nitrogens with one attached hydrogen (secondary N) is 2. The summed E-state index contributed by atoms with van der Waals surface area (Å²) in [6, 6.07) is 0.347. The number of aromatic amines is 1. The summed E-state index contributed by atoms with van der Waals surface area (Å²) < 4.78 is 37.6. The summed E-state index contributed by atoms with van der Waals surface area (Å²) in [7, 11) is 0. The number of hydrogen-bond acceptors (Lipinski definition) is 2. The zero-order valence-corrected chi connectivity index (χ0v) is 9.48. The minimum absolute atomic E-state index is 0.197. The minimum Gasteiger partial charge on any atom is -0.310 e. The monoisotopic (exact) mass is 247 g/mol. The highest BCUT2D eigenvalue weighted by Crippen LogP contribution is 2.30. The van der Waals surface area contributed by atoms with Gasteiger partial charge in [-0.3, -0.25) is 5.10 Å². The van der Waals surface area contributed by atoms with Gasteiger partial charge in [0.25, 0.3) is 0 Å². The summed E-state index contributed by atoms with van der Waals surface area (Å²) in [5.41, 5.74) is -0.608. The first kappa shape index (κ1) is 12.4. The molecule has 6 heteroatoms. The Morgan fingerprint density at radius 1 is 1.29 bits per heavy atom. The van der Waals surface area contributed by atoms with E-state index in [1.807, 2.05) is 0 Å². The fraction of sp³-hybridized carbons (Fsp3) is 0.727. The third kappa shape index (κ3) is 3.21. The molecule has 1 aromatic rings. The molecule has 1 fully saturated rings. The van der Waals surface area contributed by atoms with Crippen LogP contribution in [0.1, 0.15) is 43.4 Å². The van der Waals surface area contributed by atoms with Crippen molar-refractivity contribution in [2.75, 3.05) is 0 Å². The van der Waals surface area contributed by atoms with E-state index >= 15 is 0 Å². The molecule has 17 heavy (non-hydrogen) atoms. The van der Waals surface area contributed by atoms with Gasteiger partial charge < -0.3 is 5.32 Å². The van der Waals surface area contributed by atoms with Crippen molar-refractivity contribution in [2.24, 2.45) is 0 Å². The molecule has 0 atom stereocenters. The van der Waals surface area contributed by atoms with Crippen LogP contribution in [0.3, 0.4) is 0 Å². The van der Waals surface area contributed by atoms with Crippen molar-refractivity contribution in [3.63, 3.8) is 0 Å². The number of hydrogen-bond donors (Lipinski definition) is 2. The van der Waals surface area contributed by atoms with Crippen molar-refractivity contribution < 1.29 is 13.2 Å². The first-order valence-electron chi connectivity index (χ1n) is 5.90. The standard InChI is InChI=1S/C11H16F3N3/c12-11(13,14)10-8(7-16-17-10)6-15-9-4-2-1-3-5-9/h7,9,15H,1-6H2,(H,16,17). The summed E-state index contributed by atoms with van der Waals surface area (Å²) in [5.74, 6) is 0. The largest absolute Gasteiger partial charge is 0.435 e. The highest BCUT2D eigenvalue weighted by molar-refractivity contribution is 5.19. The number of aromatic nitrogens is 2. The molecule has 1 aliphatic rings. The summed E-state index contributed by atoms with van der Waals surface area (Å²) in [6.07, 6.45) is 2.61. The summed E-state index contributed by atoms with van der Waals surface area (Å²) >= 11 is 0. The third-order valence-electron chi connectivity index (χ3n) is 3.17. The first-order valence-corrected chi connectivity index (χ1v) is 5.90. The van der Waals surface area contributed by atoms with Gasteiger partial charge in [0.05, 0.1) is 0 Å². The van der Waals surface area contributed by atoms with E-state index in [-0.39, 0.29) is 12.1 Å². The van der Waals surface area contributed by atoms with Crippen LogP contribution >= 0.6 is 0 Å². The van der Waals surface area contributed by atoms with Crippen LogP contribution in [0.2, 0.25) is 0 Å². The minimum atomic E-state index is -4.37. The molecule has 0 saturated heterocycles. The Hall–Kier alpha value is -1.04. The topological polar surface area (TPSA) is 40.7 Å². The first-order chi connectivity index (χ1) is 8.07. The average molecular weight is 247 g/mol. The quantitative estimate of drug-likeness (QED) is 0.862. The predicted molar refractivity (Wildman–Crippen MR) is 57.3 cm³/mol. The average Bonchev–Trinajstić information content (AvgIpc) is 2.75. The lowest BCUT2D eigenvalue weighted by Gasteiger charge is -2.22. The van der Waals surface area contributed by atoms with Gasteiger partial charge in [-0.2, -0.15) is 18.3 Å². The van der Waals surface area contributed by atoms with Gasteiger partial charge in [0, 0.05) is 24.3 Å². The summed E-state index contributed by atoms with van der Waals surface area (Å²) in [5, 5.41) is 8.72. The molecule has 96 valence electrons. The molecular weight excluding hydrogens is 231 g/mol. The molecule has 1 aromatic heterocycles. The van der Waals surface area contributed by atoms with Crippen LogP contribution in [-0.4, -0.2) is 16.2 Å². The van der Waals surface area contributed by atoms with Crippen molar-refractivity contribution >= 4 is 0 Å². The van der Waals surface area contributed by atoms with Crippen LogP contribution in [0.15, 0.2) is 6.20 Å². The maximum atomic E-state index is 12.5. The van der Waals surface area contributed by atoms with Crippen LogP contribution in [0.25, 0.3) is 0 Å². The van der Waals surface area contributed by atoms with E-state index in [2.05, 4.69) is 15.5 Å². The lowest BCUT2D eigenvalue weighted by atomic mass is 9.95. The van der Waals surface area contributed by atoms with E-state index in [0.29, 0.717) is 6.04 Å². The molecular formula is C11H16F3N3. The van der Waals surface area contributed by atoms with E-state index in [9.17, 15) is 13.2 Å². The molecule has 0 radical (unpaired) electrons. The Labute approximate surface area is 97.8 Å². The van der Waals surface area contributed by atoms with Gasteiger partial charge in [-0.15, -0.1) is 0 Å². The predicted octanol–water partition coefficient (Wildman–Crippen LogP) is 2.85. The van der Waals surface area contributed by atoms with Gasteiger partial charge in [-0.05, 0) is 12.8 Å². The molecule has 1 saturated carbocycles. The fourth-order valence-corrected chi connectivity index (χ4v) is 2.26. The van der Waals surface area contributed by atoms with Crippen molar-refractivity contribution in [1.82, 2.24) is 15.5 Å². The number of halogens is 3. The Morgan fingerprint density at radius 3 is 2.65 bits per heavy atom. The lowest BCUT2D eigenvalue weighted by Crippen LogP contribution is -2.31. The van der Waals surface area contributed by atoms with E-state index in [1.54, 1.807) is 0 Å². The number of nitrogens with zero attached hydrogens (tertiary/aromatic N) is 1. The Balaban J connectivity index is 1.92. The zero-order valence-electron chi connectivity index (χ0n) is 9.48. The Bertz CT molecular complexity index is 353.